The topological polar surface area (TPSA) is 13.1 Å². The van der Waals surface area contributed by atoms with Crippen LogP contribution in [0.5, 0.6) is 0 Å². The Morgan fingerprint density at radius 3 is 3.00 bits per heavy atom. The SMILES string of the molecule is ClCc1cc(Br)c2occc2c1. The summed E-state index contributed by atoms with van der Waals surface area (Å²) >= 11 is 9.13. The maximum Gasteiger partial charge on any atom is 0.148 e. The van der Waals surface area contributed by atoms with Gasteiger partial charge in [-0.05, 0) is 39.7 Å². The summed E-state index contributed by atoms with van der Waals surface area (Å²) in [4.78, 5) is 0. The van der Waals surface area contributed by atoms with Crippen molar-refractivity contribution in [1.29, 1.82) is 0 Å². The van der Waals surface area contributed by atoms with Crippen molar-refractivity contribution in [3.05, 3.63) is 34.5 Å². The predicted molar refractivity (Wildman–Crippen MR) is 53.5 cm³/mol. The lowest BCUT2D eigenvalue weighted by Gasteiger charge is -1.97. The Kier molecular flexibility index (Phi) is 2.11. The van der Waals surface area contributed by atoms with Crippen molar-refractivity contribution in [2.45, 2.75) is 5.88 Å². The molecule has 0 N–H and O–H groups in total. The molecule has 2 rings (SSSR count). The van der Waals surface area contributed by atoms with Gasteiger partial charge in [-0.3, -0.25) is 0 Å². The smallest absolute Gasteiger partial charge is 0.148 e. The molecule has 0 spiro atoms. The van der Waals surface area contributed by atoms with Gasteiger partial charge in [0.1, 0.15) is 5.58 Å². The molecule has 0 atom stereocenters. The quantitative estimate of drug-likeness (QED) is 0.694. The fraction of sp³-hybridized carbons (Fsp3) is 0.111. The molecule has 2 aromatic rings. The highest BCUT2D eigenvalue weighted by Gasteiger charge is 2.03. The Morgan fingerprint density at radius 2 is 2.25 bits per heavy atom. The number of fused-ring (bicyclic) bond motifs is 1. The summed E-state index contributed by atoms with van der Waals surface area (Å²) in [5.41, 5.74) is 1.97. The van der Waals surface area contributed by atoms with E-state index in [0.717, 1.165) is 21.0 Å². The van der Waals surface area contributed by atoms with Crippen LogP contribution >= 0.6 is 27.5 Å². The van der Waals surface area contributed by atoms with Gasteiger partial charge in [0.25, 0.3) is 0 Å². The van der Waals surface area contributed by atoms with Crippen LogP contribution in [-0.2, 0) is 5.88 Å². The monoisotopic (exact) mass is 244 g/mol. The van der Waals surface area contributed by atoms with Crippen molar-refractivity contribution in [2.24, 2.45) is 0 Å². The minimum absolute atomic E-state index is 0.528. The lowest BCUT2D eigenvalue weighted by atomic mass is 10.2. The van der Waals surface area contributed by atoms with Gasteiger partial charge in [0.15, 0.2) is 0 Å². The van der Waals surface area contributed by atoms with E-state index in [4.69, 9.17) is 16.0 Å². The van der Waals surface area contributed by atoms with Gasteiger partial charge in [0.05, 0.1) is 10.7 Å². The summed E-state index contributed by atoms with van der Waals surface area (Å²) in [5, 5.41) is 1.08. The van der Waals surface area contributed by atoms with Crippen LogP contribution in [0.25, 0.3) is 11.0 Å². The second kappa shape index (κ2) is 3.11. The minimum atomic E-state index is 0.528. The molecule has 0 saturated carbocycles. The van der Waals surface area contributed by atoms with Gasteiger partial charge in [0.2, 0.25) is 0 Å². The first kappa shape index (κ1) is 8.14. The third-order valence-electron chi connectivity index (χ3n) is 1.72. The van der Waals surface area contributed by atoms with Crippen LogP contribution in [0.4, 0.5) is 0 Å². The summed E-state index contributed by atoms with van der Waals surface area (Å²) in [6.07, 6.45) is 1.67. The average Bonchev–Trinajstić information content (AvgIpc) is 2.52. The van der Waals surface area contributed by atoms with Crippen LogP contribution in [-0.4, -0.2) is 0 Å². The first-order chi connectivity index (χ1) is 5.81. The van der Waals surface area contributed by atoms with Crippen molar-refractivity contribution in [2.75, 3.05) is 0 Å². The molecular weight excluding hydrogens is 239 g/mol. The maximum atomic E-state index is 5.71. The number of rotatable bonds is 1. The molecule has 12 heavy (non-hydrogen) atoms. The van der Waals surface area contributed by atoms with Gasteiger partial charge in [-0.25, -0.2) is 0 Å². The van der Waals surface area contributed by atoms with E-state index in [0.29, 0.717) is 5.88 Å². The fourth-order valence-electron chi connectivity index (χ4n) is 1.17. The summed E-state index contributed by atoms with van der Waals surface area (Å²) in [5.74, 6) is 0.528. The van der Waals surface area contributed by atoms with E-state index in [-0.39, 0.29) is 0 Å². The standard InChI is InChI=1S/C9H6BrClO/c10-8-4-6(5-11)3-7-1-2-12-9(7)8/h1-4H,5H2. The fourth-order valence-corrected chi connectivity index (χ4v) is 1.94. The molecule has 62 valence electrons. The molecule has 0 unspecified atom stereocenters. The molecule has 0 fully saturated rings. The van der Waals surface area contributed by atoms with Crippen LogP contribution in [0.2, 0.25) is 0 Å². The highest BCUT2D eigenvalue weighted by atomic mass is 79.9. The molecule has 0 aliphatic rings. The van der Waals surface area contributed by atoms with E-state index in [2.05, 4.69) is 15.9 Å². The van der Waals surface area contributed by atoms with Gasteiger partial charge in [-0.2, -0.15) is 0 Å². The van der Waals surface area contributed by atoms with Gasteiger partial charge in [-0.1, -0.05) is 0 Å². The first-order valence-corrected chi connectivity index (χ1v) is 4.85. The van der Waals surface area contributed by atoms with Crippen LogP contribution in [0.3, 0.4) is 0 Å². The van der Waals surface area contributed by atoms with Crippen molar-refractivity contribution >= 4 is 38.5 Å². The zero-order valence-corrected chi connectivity index (χ0v) is 8.52. The Hall–Kier alpha value is -0.470. The zero-order chi connectivity index (χ0) is 8.55. The average molecular weight is 246 g/mol. The van der Waals surface area contributed by atoms with Crippen molar-refractivity contribution in [3.63, 3.8) is 0 Å². The van der Waals surface area contributed by atoms with Crippen LogP contribution in [0.1, 0.15) is 5.56 Å². The normalized spacial score (nSPS) is 10.8. The Labute approximate surface area is 83.4 Å². The second-order valence-electron chi connectivity index (χ2n) is 2.55. The minimum Gasteiger partial charge on any atom is -0.463 e. The Bertz CT molecular complexity index is 408. The van der Waals surface area contributed by atoms with Crippen LogP contribution in [0.15, 0.2) is 33.4 Å². The highest BCUT2D eigenvalue weighted by molar-refractivity contribution is 9.10. The third-order valence-corrected chi connectivity index (χ3v) is 2.62. The molecule has 0 bridgehead atoms. The van der Waals surface area contributed by atoms with Crippen molar-refractivity contribution in [1.82, 2.24) is 0 Å². The number of alkyl halides is 1. The largest absolute Gasteiger partial charge is 0.463 e. The van der Waals surface area contributed by atoms with Crippen molar-refractivity contribution in [3.8, 4) is 0 Å². The highest BCUT2D eigenvalue weighted by Crippen LogP contribution is 2.27. The number of hydrogen-bond donors (Lipinski definition) is 0. The zero-order valence-electron chi connectivity index (χ0n) is 6.18. The van der Waals surface area contributed by atoms with Gasteiger partial charge in [0, 0.05) is 11.3 Å². The Morgan fingerprint density at radius 1 is 1.42 bits per heavy atom. The van der Waals surface area contributed by atoms with E-state index >= 15 is 0 Å². The molecule has 1 heterocycles. The molecule has 0 amide bonds. The third kappa shape index (κ3) is 1.25. The van der Waals surface area contributed by atoms with Gasteiger partial charge in [-0.15, -0.1) is 11.6 Å². The maximum absolute atomic E-state index is 5.71. The van der Waals surface area contributed by atoms with Crippen LogP contribution < -0.4 is 0 Å². The van der Waals surface area contributed by atoms with E-state index in [9.17, 15) is 0 Å². The summed E-state index contributed by atoms with van der Waals surface area (Å²) in [6.45, 7) is 0. The summed E-state index contributed by atoms with van der Waals surface area (Å²) in [7, 11) is 0. The molecular formula is C9H6BrClO. The molecule has 0 aliphatic heterocycles. The first-order valence-electron chi connectivity index (χ1n) is 3.53. The molecule has 1 aromatic carbocycles. The second-order valence-corrected chi connectivity index (χ2v) is 3.67. The molecule has 1 nitrogen and oxygen atoms in total. The number of furan rings is 1. The Balaban J connectivity index is 2.75. The number of benzene rings is 1. The summed E-state index contributed by atoms with van der Waals surface area (Å²) in [6, 6.07) is 5.92. The molecule has 0 saturated heterocycles. The van der Waals surface area contributed by atoms with E-state index in [1.165, 1.54) is 0 Å². The molecule has 1 aromatic heterocycles. The lowest BCUT2D eigenvalue weighted by Crippen LogP contribution is -1.77. The van der Waals surface area contributed by atoms with E-state index < -0.39 is 0 Å². The van der Waals surface area contributed by atoms with Crippen LogP contribution in [0, 0.1) is 0 Å². The number of halogens is 2. The van der Waals surface area contributed by atoms with Gasteiger partial charge >= 0.3 is 0 Å². The predicted octanol–water partition coefficient (Wildman–Crippen LogP) is 3.93. The summed E-state index contributed by atoms with van der Waals surface area (Å²) < 4.78 is 6.22. The van der Waals surface area contributed by atoms with Gasteiger partial charge < -0.3 is 4.42 Å². The molecule has 3 heteroatoms. The lowest BCUT2D eigenvalue weighted by molar-refractivity contribution is 0.614. The van der Waals surface area contributed by atoms with E-state index in [1.54, 1.807) is 6.26 Å². The number of hydrogen-bond acceptors (Lipinski definition) is 1. The molecule has 0 radical (unpaired) electrons. The van der Waals surface area contributed by atoms with Crippen molar-refractivity contribution < 1.29 is 4.42 Å². The van der Waals surface area contributed by atoms with E-state index in [1.807, 2.05) is 18.2 Å². The molecule has 0 aliphatic carbocycles.